The molecule has 1 atom stereocenters. The van der Waals surface area contributed by atoms with Gasteiger partial charge in [0.2, 0.25) is 0 Å². The molecule has 3 rings (SSSR count). The van der Waals surface area contributed by atoms with Gasteiger partial charge < -0.3 is 9.84 Å². The van der Waals surface area contributed by atoms with Crippen LogP contribution in [0.25, 0.3) is 0 Å². The van der Waals surface area contributed by atoms with Gasteiger partial charge in [-0.3, -0.25) is 9.47 Å². The number of aromatic hydroxyl groups is 1. The Hall–Kier alpha value is -2.28. The number of phenols is 1. The van der Waals surface area contributed by atoms with E-state index in [9.17, 15) is 9.90 Å². The standard InChI is InChI=1S/C18H26N4O3/c1-4-25-16-11-13(5-7-15(16)23)12-20(2)14-6-8-17-19-21(3)18(24)22(17)10-9-14/h5,7,11,14,23H,4,6,8-10,12H2,1-3H3. The second-order valence-corrected chi connectivity index (χ2v) is 6.61. The highest BCUT2D eigenvalue weighted by Crippen LogP contribution is 2.28. The fourth-order valence-electron chi connectivity index (χ4n) is 3.47. The first-order valence-corrected chi connectivity index (χ1v) is 8.77. The smallest absolute Gasteiger partial charge is 0.345 e. The molecule has 2 aromatic rings. The van der Waals surface area contributed by atoms with E-state index in [1.807, 2.05) is 19.1 Å². The van der Waals surface area contributed by atoms with Gasteiger partial charge in [0, 0.05) is 32.6 Å². The van der Waals surface area contributed by atoms with Crippen molar-refractivity contribution >= 4 is 0 Å². The van der Waals surface area contributed by atoms with Crippen molar-refractivity contribution in [2.24, 2.45) is 7.05 Å². The summed E-state index contributed by atoms with van der Waals surface area (Å²) in [6.45, 7) is 3.90. The number of benzene rings is 1. The summed E-state index contributed by atoms with van der Waals surface area (Å²) in [5, 5.41) is 14.2. The van der Waals surface area contributed by atoms with Gasteiger partial charge in [0.15, 0.2) is 11.5 Å². The van der Waals surface area contributed by atoms with E-state index in [-0.39, 0.29) is 11.4 Å². The van der Waals surface area contributed by atoms with Crippen molar-refractivity contribution in [2.45, 2.75) is 45.3 Å². The SMILES string of the molecule is CCOc1cc(CN(C)C2CCc3nn(C)c(=O)n3CC2)ccc1O. The topological polar surface area (TPSA) is 72.5 Å². The maximum absolute atomic E-state index is 12.1. The third-order valence-electron chi connectivity index (χ3n) is 4.85. The number of hydrogen-bond acceptors (Lipinski definition) is 5. The molecule has 136 valence electrons. The van der Waals surface area contributed by atoms with E-state index in [2.05, 4.69) is 17.0 Å². The van der Waals surface area contributed by atoms with Gasteiger partial charge >= 0.3 is 5.69 Å². The van der Waals surface area contributed by atoms with Crippen LogP contribution in [0.15, 0.2) is 23.0 Å². The van der Waals surface area contributed by atoms with Crippen molar-refractivity contribution in [3.05, 3.63) is 40.1 Å². The lowest BCUT2D eigenvalue weighted by Crippen LogP contribution is -2.32. The molecule has 1 aliphatic heterocycles. The van der Waals surface area contributed by atoms with Gasteiger partial charge in [-0.05, 0) is 44.5 Å². The lowest BCUT2D eigenvalue weighted by Gasteiger charge is -2.27. The molecule has 1 aromatic heterocycles. The van der Waals surface area contributed by atoms with Crippen LogP contribution in [0.1, 0.15) is 31.2 Å². The molecular formula is C18H26N4O3. The van der Waals surface area contributed by atoms with E-state index in [0.717, 1.165) is 37.2 Å². The second-order valence-electron chi connectivity index (χ2n) is 6.61. The van der Waals surface area contributed by atoms with Crippen LogP contribution in [0.2, 0.25) is 0 Å². The van der Waals surface area contributed by atoms with Crippen LogP contribution in [0, 0.1) is 0 Å². The van der Waals surface area contributed by atoms with Crippen molar-refractivity contribution in [1.29, 1.82) is 0 Å². The highest BCUT2D eigenvalue weighted by Gasteiger charge is 2.23. The zero-order valence-corrected chi connectivity index (χ0v) is 15.1. The van der Waals surface area contributed by atoms with Gasteiger partial charge in [-0.15, -0.1) is 0 Å². The molecular weight excluding hydrogens is 320 g/mol. The number of ether oxygens (including phenoxy) is 1. The number of aromatic nitrogens is 3. The van der Waals surface area contributed by atoms with Crippen molar-refractivity contribution in [3.63, 3.8) is 0 Å². The van der Waals surface area contributed by atoms with Crippen LogP contribution in [0.5, 0.6) is 11.5 Å². The molecule has 0 saturated heterocycles. The molecule has 0 saturated carbocycles. The van der Waals surface area contributed by atoms with E-state index < -0.39 is 0 Å². The molecule has 0 radical (unpaired) electrons. The summed E-state index contributed by atoms with van der Waals surface area (Å²) in [4.78, 5) is 14.4. The molecule has 1 aliphatic rings. The quantitative estimate of drug-likeness (QED) is 0.889. The number of nitrogens with zero attached hydrogens (tertiary/aromatic N) is 4. The maximum atomic E-state index is 12.1. The van der Waals surface area contributed by atoms with Gasteiger partial charge in [0.1, 0.15) is 5.82 Å². The zero-order chi connectivity index (χ0) is 18.0. The molecule has 7 heteroatoms. The molecule has 1 unspecified atom stereocenters. The number of aryl methyl sites for hydroxylation is 2. The van der Waals surface area contributed by atoms with Crippen molar-refractivity contribution in [2.75, 3.05) is 13.7 Å². The monoisotopic (exact) mass is 346 g/mol. The Bertz CT molecular complexity index is 796. The van der Waals surface area contributed by atoms with E-state index in [4.69, 9.17) is 4.74 Å². The van der Waals surface area contributed by atoms with Gasteiger partial charge in [0.05, 0.1) is 6.61 Å². The summed E-state index contributed by atoms with van der Waals surface area (Å²) >= 11 is 0. The fourth-order valence-corrected chi connectivity index (χ4v) is 3.47. The number of rotatable bonds is 5. The van der Waals surface area contributed by atoms with Crippen molar-refractivity contribution in [3.8, 4) is 11.5 Å². The van der Waals surface area contributed by atoms with E-state index >= 15 is 0 Å². The Labute approximate surface area is 147 Å². The Morgan fingerprint density at radius 1 is 1.40 bits per heavy atom. The molecule has 0 spiro atoms. The number of phenolic OH excluding ortho intramolecular Hbond substituents is 1. The molecule has 2 heterocycles. The summed E-state index contributed by atoms with van der Waals surface area (Å²) in [7, 11) is 3.80. The lowest BCUT2D eigenvalue weighted by molar-refractivity contribution is 0.209. The highest BCUT2D eigenvalue weighted by atomic mass is 16.5. The van der Waals surface area contributed by atoms with E-state index in [1.54, 1.807) is 17.7 Å². The Kier molecular flexibility index (Phi) is 5.13. The number of hydrogen-bond donors (Lipinski definition) is 1. The fraction of sp³-hybridized carbons (Fsp3) is 0.556. The average molecular weight is 346 g/mol. The van der Waals surface area contributed by atoms with Crippen LogP contribution in [-0.2, 0) is 26.6 Å². The van der Waals surface area contributed by atoms with E-state index in [0.29, 0.717) is 24.9 Å². The normalized spacial score (nSPS) is 17.4. The zero-order valence-electron chi connectivity index (χ0n) is 15.1. The Balaban J connectivity index is 1.67. The van der Waals surface area contributed by atoms with Crippen LogP contribution in [-0.4, -0.2) is 44.1 Å². The minimum atomic E-state index is -0.0295. The lowest BCUT2D eigenvalue weighted by atomic mass is 10.1. The van der Waals surface area contributed by atoms with Crippen molar-refractivity contribution in [1.82, 2.24) is 19.2 Å². The summed E-state index contributed by atoms with van der Waals surface area (Å²) < 4.78 is 8.68. The first-order valence-electron chi connectivity index (χ1n) is 8.77. The molecule has 1 aromatic carbocycles. The largest absolute Gasteiger partial charge is 0.504 e. The van der Waals surface area contributed by atoms with Crippen LogP contribution < -0.4 is 10.4 Å². The minimum absolute atomic E-state index is 0.0295. The van der Waals surface area contributed by atoms with Crippen molar-refractivity contribution < 1.29 is 9.84 Å². The first-order chi connectivity index (χ1) is 12.0. The molecule has 7 nitrogen and oxygen atoms in total. The van der Waals surface area contributed by atoms with Crippen LogP contribution in [0.4, 0.5) is 0 Å². The van der Waals surface area contributed by atoms with Crippen LogP contribution in [0.3, 0.4) is 0 Å². The predicted molar refractivity (Wildman–Crippen MR) is 94.9 cm³/mol. The predicted octanol–water partition coefficient (Wildman–Crippen LogP) is 1.52. The summed E-state index contributed by atoms with van der Waals surface area (Å²) in [5.74, 6) is 1.58. The molecule has 0 aliphatic carbocycles. The summed E-state index contributed by atoms with van der Waals surface area (Å²) in [6.07, 6.45) is 2.71. The second kappa shape index (κ2) is 7.31. The Morgan fingerprint density at radius 2 is 2.20 bits per heavy atom. The van der Waals surface area contributed by atoms with Gasteiger partial charge in [-0.1, -0.05) is 6.07 Å². The summed E-state index contributed by atoms with van der Waals surface area (Å²) in [5.41, 5.74) is 1.07. The van der Waals surface area contributed by atoms with Gasteiger partial charge in [0.25, 0.3) is 0 Å². The molecule has 0 bridgehead atoms. The molecule has 1 N–H and O–H groups in total. The highest BCUT2D eigenvalue weighted by molar-refractivity contribution is 5.41. The third kappa shape index (κ3) is 3.71. The first kappa shape index (κ1) is 17.5. The molecule has 25 heavy (non-hydrogen) atoms. The summed E-state index contributed by atoms with van der Waals surface area (Å²) in [6, 6.07) is 5.88. The van der Waals surface area contributed by atoms with Crippen LogP contribution >= 0.6 is 0 Å². The third-order valence-corrected chi connectivity index (χ3v) is 4.85. The van der Waals surface area contributed by atoms with Gasteiger partial charge in [-0.25, -0.2) is 9.48 Å². The number of fused-ring (bicyclic) bond motifs is 1. The average Bonchev–Trinajstić information content (AvgIpc) is 2.75. The molecule has 0 fully saturated rings. The van der Waals surface area contributed by atoms with Gasteiger partial charge in [-0.2, -0.15) is 5.10 Å². The van der Waals surface area contributed by atoms with E-state index in [1.165, 1.54) is 4.68 Å². The maximum Gasteiger partial charge on any atom is 0.345 e. The Morgan fingerprint density at radius 3 is 2.96 bits per heavy atom. The minimum Gasteiger partial charge on any atom is -0.504 e. The molecule has 0 amide bonds.